The quantitative estimate of drug-likeness (QED) is 0.603. The fourth-order valence-corrected chi connectivity index (χ4v) is 2.84. The fraction of sp³-hybridized carbons (Fsp3) is 0.545. The first-order valence-electron chi connectivity index (χ1n) is 6.13. The molecule has 104 valence electrons. The summed E-state index contributed by atoms with van der Waals surface area (Å²) in [6.07, 6.45) is 2.51. The molecule has 0 bridgehead atoms. The Balaban J connectivity index is 2.50. The molecule has 7 nitrogen and oxygen atoms in total. The molecule has 3 N–H and O–H groups in total. The standard InChI is InChI=1S/C11H18N6OS/c1-4-7-11(19-16-15-7)9(14-12)10-8(18-3)6-13-17(10)5-2/h6,9,14H,4-5,12H2,1-3H3. The molecule has 2 aromatic heterocycles. The summed E-state index contributed by atoms with van der Waals surface area (Å²) in [7, 11) is 1.62. The van der Waals surface area contributed by atoms with Crippen LogP contribution >= 0.6 is 11.5 Å². The minimum atomic E-state index is -0.215. The van der Waals surface area contributed by atoms with Gasteiger partial charge in [0.15, 0.2) is 5.75 Å². The van der Waals surface area contributed by atoms with Crippen LogP contribution in [0, 0.1) is 0 Å². The molecule has 2 aromatic rings. The summed E-state index contributed by atoms with van der Waals surface area (Å²) in [6, 6.07) is -0.215. The number of aryl methyl sites for hydroxylation is 2. The van der Waals surface area contributed by atoms with Gasteiger partial charge in [-0.25, -0.2) is 5.43 Å². The number of ether oxygens (including phenoxy) is 1. The second-order valence-corrected chi connectivity index (χ2v) is 4.74. The average molecular weight is 282 g/mol. The zero-order valence-corrected chi connectivity index (χ0v) is 12.1. The highest BCUT2D eigenvalue weighted by molar-refractivity contribution is 7.05. The highest BCUT2D eigenvalue weighted by Crippen LogP contribution is 2.32. The number of nitrogens with zero attached hydrogens (tertiary/aromatic N) is 4. The topological polar surface area (TPSA) is 90.9 Å². The molecule has 0 saturated carbocycles. The molecule has 0 spiro atoms. The van der Waals surface area contributed by atoms with E-state index < -0.39 is 0 Å². The van der Waals surface area contributed by atoms with Gasteiger partial charge in [-0.1, -0.05) is 11.4 Å². The van der Waals surface area contributed by atoms with Crippen LogP contribution in [-0.4, -0.2) is 26.5 Å². The van der Waals surface area contributed by atoms with Crippen LogP contribution in [0.4, 0.5) is 0 Å². The zero-order valence-electron chi connectivity index (χ0n) is 11.3. The van der Waals surface area contributed by atoms with E-state index in [0.29, 0.717) is 5.75 Å². The van der Waals surface area contributed by atoms with Crippen molar-refractivity contribution < 1.29 is 4.74 Å². The third kappa shape index (κ3) is 2.46. The Morgan fingerprint density at radius 2 is 2.32 bits per heavy atom. The lowest BCUT2D eigenvalue weighted by molar-refractivity contribution is 0.399. The largest absolute Gasteiger partial charge is 0.493 e. The zero-order chi connectivity index (χ0) is 13.8. The maximum Gasteiger partial charge on any atom is 0.162 e. The van der Waals surface area contributed by atoms with Gasteiger partial charge in [-0.15, -0.1) is 5.10 Å². The first kappa shape index (κ1) is 13.9. The van der Waals surface area contributed by atoms with Crippen LogP contribution in [0.25, 0.3) is 0 Å². The number of nitrogens with two attached hydrogens (primary N) is 1. The van der Waals surface area contributed by atoms with Crippen LogP contribution in [-0.2, 0) is 13.0 Å². The van der Waals surface area contributed by atoms with Gasteiger partial charge in [-0.3, -0.25) is 10.5 Å². The summed E-state index contributed by atoms with van der Waals surface area (Å²) in [4.78, 5) is 0.999. The normalized spacial score (nSPS) is 12.6. The fourth-order valence-electron chi connectivity index (χ4n) is 2.04. The molecular weight excluding hydrogens is 264 g/mol. The number of hydrazine groups is 1. The summed E-state index contributed by atoms with van der Waals surface area (Å²) < 4.78 is 11.2. The van der Waals surface area contributed by atoms with Gasteiger partial charge in [0.05, 0.1) is 23.9 Å². The molecular formula is C11H18N6OS. The summed E-state index contributed by atoms with van der Waals surface area (Å²) in [5.74, 6) is 6.44. The van der Waals surface area contributed by atoms with Crippen molar-refractivity contribution in [3.05, 3.63) is 22.5 Å². The molecule has 0 aliphatic rings. The maximum atomic E-state index is 5.73. The SMILES string of the molecule is CCc1nnsc1C(NN)c1c(OC)cnn1CC. The van der Waals surface area contributed by atoms with E-state index >= 15 is 0 Å². The molecule has 8 heteroatoms. The van der Waals surface area contributed by atoms with Gasteiger partial charge in [0.2, 0.25) is 0 Å². The van der Waals surface area contributed by atoms with E-state index in [1.807, 2.05) is 18.5 Å². The monoisotopic (exact) mass is 282 g/mol. The third-order valence-electron chi connectivity index (χ3n) is 2.99. The van der Waals surface area contributed by atoms with E-state index in [1.165, 1.54) is 11.5 Å². The number of nitrogens with one attached hydrogen (secondary N) is 1. The first-order valence-corrected chi connectivity index (χ1v) is 6.91. The molecule has 0 saturated heterocycles. The van der Waals surface area contributed by atoms with E-state index in [0.717, 1.165) is 29.2 Å². The minimum Gasteiger partial charge on any atom is -0.493 e. The predicted molar refractivity (Wildman–Crippen MR) is 72.9 cm³/mol. The van der Waals surface area contributed by atoms with Gasteiger partial charge >= 0.3 is 0 Å². The maximum absolute atomic E-state index is 5.73. The Hall–Kier alpha value is -1.51. The summed E-state index contributed by atoms with van der Waals surface area (Å²) >= 11 is 1.34. The Labute approximate surface area is 115 Å². The van der Waals surface area contributed by atoms with Crippen molar-refractivity contribution in [3.63, 3.8) is 0 Å². The highest BCUT2D eigenvalue weighted by atomic mass is 32.1. The van der Waals surface area contributed by atoms with E-state index in [2.05, 4.69) is 20.1 Å². The van der Waals surface area contributed by atoms with Crippen molar-refractivity contribution in [2.45, 2.75) is 32.9 Å². The number of rotatable bonds is 6. The molecule has 2 heterocycles. The second kappa shape index (κ2) is 6.09. The van der Waals surface area contributed by atoms with E-state index in [9.17, 15) is 0 Å². The minimum absolute atomic E-state index is 0.215. The van der Waals surface area contributed by atoms with Crippen LogP contribution in [0.2, 0.25) is 0 Å². The van der Waals surface area contributed by atoms with Crippen molar-refractivity contribution in [2.24, 2.45) is 5.84 Å². The molecule has 0 aliphatic heterocycles. The van der Waals surface area contributed by atoms with E-state index in [4.69, 9.17) is 10.6 Å². The first-order chi connectivity index (χ1) is 9.26. The Bertz CT molecular complexity index is 516. The number of hydrogen-bond donors (Lipinski definition) is 2. The average Bonchev–Trinajstić information content (AvgIpc) is 3.06. The Morgan fingerprint density at radius 1 is 1.53 bits per heavy atom. The lowest BCUT2D eigenvalue weighted by Gasteiger charge is -2.17. The summed E-state index contributed by atoms with van der Waals surface area (Å²) in [5, 5.41) is 8.43. The van der Waals surface area contributed by atoms with Crippen LogP contribution in [0.3, 0.4) is 0 Å². The molecule has 0 radical (unpaired) electrons. The number of aromatic nitrogens is 4. The molecule has 0 amide bonds. The van der Waals surface area contributed by atoms with Crippen molar-refractivity contribution in [2.75, 3.05) is 7.11 Å². The van der Waals surface area contributed by atoms with Crippen molar-refractivity contribution in [1.82, 2.24) is 24.8 Å². The van der Waals surface area contributed by atoms with Gasteiger partial charge in [0, 0.05) is 6.54 Å². The van der Waals surface area contributed by atoms with Gasteiger partial charge in [-0.05, 0) is 24.9 Å². The summed E-state index contributed by atoms with van der Waals surface area (Å²) in [6.45, 7) is 4.81. The molecule has 0 fully saturated rings. The molecule has 19 heavy (non-hydrogen) atoms. The van der Waals surface area contributed by atoms with Gasteiger partial charge in [-0.2, -0.15) is 5.10 Å². The molecule has 2 rings (SSSR count). The summed E-state index contributed by atoms with van der Waals surface area (Å²) in [5.41, 5.74) is 4.66. The van der Waals surface area contributed by atoms with E-state index in [-0.39, 0.29) is 6.04 Å². The predicted octanol–water partition coefficient (Wildman–Crippen LogP) is 0.878. The lowest BCUT2D eigenvalue weighted by Crippen LogP contribution is -2.31. The van der Waals surface area contributed by atoms with E-state index in [1.54, 1.807) is 13.3 Å². The highest BCUT2D eigenvalue weighted by Gasteiger charge is 2.26. The van der Waals surface area contributed by atoms with Crippen molar-refractivity contribution >= 4 is 11.5 Å². The van der Waals surface area contributed by atoms with Gasteiger partial charge < -0.3 is 4.74 Å². The number of hydrogen-bond acceptors (Lipinski definition) is 7. The molecule has 0 aliphatic carbocycles. The van der Waals surface area contributed by atoms with Gasteiger partial charge in [0.25, 0.3) is 0 Å². The molecule has 1 unspecified atom stereocenters. The van der Waals surface area contributed by atoms with Crippen LogP contribution in [0.1, 0.15) is 36.2 Å². The van der Waals surface area contributed by atoms with Crippen molar-refractivity contribution in [1.29, 1.82) is 0 Å². The van der Waals surface area contributed by atoms with Crippen LogP contribution in [0.5, 0.6) is 5.75 Å². The Kier molecular flexibility index (Phi) is 4.46. The molecule has 0 aromatic carbocycles. The van der Waals surface area contributed by atoms with Gasteiger partial charge in [0.1, 0.15) is 11.7 Å². The number of methoxy groups -OCH3 is 1. The van der Waals surface area contributed by atoms with Crippen LogP contribution in [0.15, 0.2) is 6.20 Å². The van der Waals surface area contributed by atoms with Crippen molar-refractivity contribution in [3.8, 4) is 5.75 Å². The Morgan fingerprint density at radius 3 is 2.89 bits per heavy atom. The van der Waals surface area contributed by atoms with Crippen LogP contribution < -0.4 is 16.0 Å². The second-order valence-electron chi connectivity index (χ2n) is 3.95. The smallest absolute Gasteiger partial charge is 0.162 e. The molecule has 1 atom stereocenters. The lowest BCUT2D eigenvalue weighted by atomic mass is 10.1. The third-order valence-corrected chi connectivity index (χ3v) is 3.82.